The standard InChI is InChI=1S/C18H17ClF3N5O2/c19-12-3-11(18(20,21)22)4-25-16(12)27-7-9-1-2-10(8-27)15(9)26-17(29)13-5-24-14(28)6-23-13/h3-6,9-10,15H,1-2,7-8H2,(H,24,28)(H,26,29)/t9-,10+,15?. The Morgan fingerprint density at radius 2 is 1.90 bits per heavy atom. The van der Waals surface area contributed by atoms with Crippen LogP contribution in [-0.4, -0.2) is 40.0 Å². The van der Waals surface area contributed by atoms with Crippen LogP contribution in [0.15, 0.2) is 29.5 Å². The van der Waals surface area contributed by atoms with E-state index in [4.69, 9.17) is 11.6 Å². The van der Waals surface area contributed by atoms with E-state index in [0.29, 0.717) is 18.9 Å². The number of aromatic amines is 1. The van der Waals surface area contributed by atoms with E-state index >= 15 is 0 Å². The maximum absolute atomic E-state index is 12.8. The van der Waals surface area contributed by atoms with Crippen molar-refractivity contribution in [3.05, 3.63) is 51.3 Å². The van der Waals surface area contributed by atoms with Gasteiger partial charge >= 0.3 is 6.18 Å². The molecule has 11 heteroatoms. The molecule has 1 amide bonds. The average Bonchev–Trinajstić information content (AvgIpc) is 2.89. The van der Waals surface area contributed by atoms with Crippen LogP contribution in [0.5, 0.6) is 0 Å². The maximum Gasteiger partial charge on any atom is 0.417 e. The Morgan fingerprint density at radius 1 is 1.21 bits per heavy atom. The lowest BCUT2D eigenvalue weighted by atomic mass is 9.92. The van der Waals surface area contributed by atoms with E-state index in [-0.39, 0.29) is 34.5 Å². The van der Waals surface area contributed by atoms with E-state index in [1.54, 1.807) is 0 Å². The molecule has 1 aliphatic carbocycles. The molecular weight excluding hydrogens is 411 g/mol. The average molecular weight is 428 g/mol. The first-order chi connectivity index (χ1) is 13.7. The molecule has 0 aromatic carbocycles. The number of nitrogens with one attached hydrogen (secondary N) is 2. The molecule has 2 N–H and O–H groups in total. The number of fused-ring (bicyclic) bond motifs is 2. The number of pyridine rings is 1. The number of nitrogens with zero attached hydrogens (tertiary/aromatic N) is 3. The summed E-state index contributed by atoms with van der Waals surface area (Å²) in [6, 6.07) is 0.808. The third-order valence-electron chi connectivity index (χ3n) is 5.48. The van der Waals surface area contributed by atoms with Crippen LogP contribution in [0.2, 0.25) is 5.02 Å². The normalized spacial score (nSPS) is 23.9. The van der Waals surface area contributed by atoms with Crippen LogP contribution in [0.4, 0.5) is 19.0 Å². The van der Waals surface area contributed by atoms with E-state index in [0.717, 1.165) is 31.3 Å². The smallest absolute Gasteiger partial charge is 0.355 e. The number of aromatic nitrogens is 3. The minimum absolute atomic E-state index is 0.0425. The number of piperidine rings is 1. The monoisotopic (exact) mass is 427 g/mol. The Hall–Kier alpha value is -2.62. The third-order valence-corrected chi connectivity index (χ3v) is 5.76. The van der Waals surface area contributed by atoms with Crippen LogP contribution in [0.25, 0.3) is 0 Å². The van der Waals surface area contributed by atoms with Gasteiger partial charge in [0.05, 0.1) is 16.8 Å². The zero-order valence-corrected chi connectivity index (χ0v) is 15.8. The fourth-order valence-electron chi connectivity index (χ4n) is 4.14. The van der Waals surface area contributed by atoms with Gasteiger partial charge in [0.2, 0.25) is 0 Å². The van der Waals surface area contributed by atoms with E-state index in [1.165, 1.54) is 6.20 Å². The summed E-state index contributed by atoms with van der Waals surface area (Å²) < 4.78 is 38.5. The van der Waals surface area contributed by atoms with Crippen molar-refractivity contribution >= 4 is 23.3 Å². The Kier molecular flexibility index (Phi) is 4.97. The second-order valence-corrected chi connectivity index (χ2v) is 7.73. The van der Waals surface area contributed by atoms with Crippen molar-refractivity contribution in [3.8, 4) is 0 Å². The van der Waals surface area contributed by atoms with E-state index < -0.39 is 17.3 Å². The minimum atomic E-state index is -4.50. The number of amides is 1. The molecule has 2 fully saturated rings. The van der Waals surface area contributed by atoms with Crippen molar-refractivity contribution in [1.82, 2.24) is 20.3 Å². The number of halogens is 4. The van der Waals surface area contributed by atoms with Gasteiger partial charge in [-0.25, -0.2) is 9.97 Å². The molecule has 2 aliphatic rings. The second kappa shape index (κ2) is 7.33. The zero-order valence-electron chi connectivity index (χ0n) is 15.0. The van der Waals surface area contributed by atoms with Crippen LogP contribution in [0.3, 0.4) is 0 Å². The van der Waals surface area contributed by atoms with Gasteiger partial charge in [0.1, 0.15) is 11.5 Å². The summed E-state index contributed by atoms with van der Waals surface area (Å²) in [6.07, 6.45) is 0.359. The molecule has 3 heterocycles. The lowest BCUT2D eigenvalue weighted by Gasteiger charge is -2.39. The molecule has 1 saturated heterocycles. The topological polar surface area (TPSA) is 91.0 Å². The summed E-state index contributed by atoms with van der Waals surface area (Å²) in [6.45, 7) is 1.05. The fourth-order valence-corrected chi connectivity index (χ4v) is 4.43. The molecule has 3 atom stereocenters. The van der Waals surface area contributed by atoms with Crippen molar-refractivity contribution in [2.75, 3.05) is 18.0 Å². The number of anilines is 1. The van der Waals surface area contributed by atoms with Gasteiger partial charge < -0.3 is 15.2 Å². The molecule has 4 rings (SSSR count). The summed E-state index contributed by atoms with van der Waals surface area (Å²) >= 11 is 6.09. The molecular formula is C18H17ClF3N5O2. The summed E-state index contributed by atoms with van der Waals surface area (Å²) in [5.74, 6) is 0.173. The van der Waals surface area contributed by atoms with Crippen molar-refractivity contribution in [3.63, 3.8) is 0 Å². The molecule has 2 aromatic heterocycles. The van der Waals surface area contributed by atoms with Gasteiger partial charge in [0.15, 0.2) is 0 Å². The van der Waals surface area contributed by atoms with Crippen molar-refractivity contribution in [1.29, 1.82) is 0 Å². The number of hydrogen-bond acceptors (Lipinski definition) is 5. The summed E-state index contributed by atoms with van der Waals surface area (Å²) in [5, 5.41) is 2.94. The Bertz CT molecular complexity index is 962. The van der Waals surface area contributed by atoms with Gasteiger partial charge in [0, 0.05) is 31.5 Å². The van der Waals surface area contributed by atoms with Crippen molar-refractivity contribution in [2.45, 2.75) is 25.1 Å². The molecule has 7 nitrogen and oxygen atoms in total. The Morgan fingerprint density at radius 3 is 2.45 bits per heavy atom. The van der Waals surface area contributed by atoms with E-state index in [9.17, 15) is 22.8 Å². The Balaban J connectivity index is 1.47. The predicted molar refractivity (Wildman–Crippen MR) is 98.8 cm³/mol. The van der Waals surface area contributed by atoms with Gasteiger partial charge in [-0.2, -0.15) is 13.2 Å². The van der Waals surface area contributed by atoms with Crippen LogP contribution in [-0.2, 0) is 6.18 Å². The highest BCUT2D eigenvalue weighted by Crippen LogP contribution is 2.40. The molecule has 2 bridgehead atoms. The predicted octanol–water partition coefficient (Wildman–Crippen LogP) is 2.48. The number of carbonyl (C=O) groups excluding carboxylic acids is 1. The lowest BCUT2D eigenvalue weighted by Crippen LogP contribution is -2.53. The molecule has 29 heavy (non-hydrogen) atoms. The van der Waals surface area contributed by atoms with Crippen molar-refractivity contribution in [2.24, 2.45) is 11.8 Å². The number of alkyl halides is 3. The first-order valence-electron chi connectivity index (χ1n) is 9.05. The van der Waals surface area contributed by atoms with E-state index in [2.05, 4.69) is 20.3 Å². The maximum atomic E-state index is 12.8. The molecule has 1 unspecified atom stereocenters. The number of rotatable bonds is 3. The van der Waals surface area contributed by atoms with Crippen LogP contribution >= 0.6 is 11.6 Å². The number of H-pyrrole nitrogens is 1. The van der Waals surface area contributed by atoms with Gasteiger partial charge in [-0.3, -0.25) is 9.59 Å². The lowest BCUT2D eigenvalue weighted by molar-refractivity contribution is -0.137. The third kappa shape index (κ3) is 3.93. The summed E-state index contributed by atoms with van der Waals surface area (Å²) in [5.41, 5.74) is -1.15. The van der Waals surface area contributed by atoms with Gasteiger partial charge in [-0.05, 0) is 30.7 Å². The molecule has 0 spiro atoms. The highest BCUT2D eigenvalue weighted by Gasteiger charge is 2.44. The zero-order chi connectivity index (χ0) is 20.8. The fraction of sp³-hybridized carbons (Fsp3) is 0.444. The highest BCUT2D eigenvalue weighted by atomic mass is 35.5. The van der Waals surface area contributed by atoms with Crippen LogP contribution in [0.1, 0.15) is 28.9 Å². The molecule has 2 aromatic rings. The van der Waals surface area contributed by atoms with Crippen molar-refractivity contribution < 1.29 is 18.0 Å². The number of carbonyl (C=O) groups is 1. The SMILES string of the molecule is O=C(NC1[C@@H]2CC[C@H]1CN(c1ncc(C(F)(F)F)cc1Cl)C2)c1c[nH]c(=O)cn1. The van der Waals surface area contributed by atoms with E-state index in [1.807, 2.05) is 4.90 Å². The van der Waals surface area contributed by atoms with Crippen LogP contribution < -0.4 is 15.8 Å². The Labute approximate surface area is 168 Å². The van der Waals surface area contributed by atoms with Gasteiger partial charge in [-0.1, -0.05) is 11.6 Å². The summed E-state index contributed by atoms with van der Waals surface area (Å²) in [4.78, 5) is 35.6. The second-order valence-electron chi connectivity index (χ2n) is 7.33. The first kappa shape index (κ1) is 19.7. The summed E-state index contributed by atoms with van der Waals surface area (Å²) in [7, 11) is 0. The molecule has 1 aliphatic heterocycles. The quantitative estimate of drug-likeness (QED) is 0.785. The first-order valence-corrected chi connectivity index (χ1v) is 9.43. The van der Waals surface area contributed by atoms with Crippen LogP contribution in [0, 0.1) is 11.8 Å². The van der Waals surface area contributed by atoms with Gasteiger partial charge in [-0.15, -0.1) is 0 Å². The minimum Gasteiger partial charge on any atom is -0.355 e. The highest BCUT2D eigenvalue weighted by molar-refractivity contribution is 6.33. The number of hydrogen-bond donors (Lipinski definition) is 2. The molecule has 1 saturated carbocycles. The molecule has 154 valence electrons. The molecule has 0 radical (unpaired) electrons. The van der Waals surface area contributed by atoms with Gasteiger partial charge in [0.25, 0.3) is 11.5 Å². The largest absolute Gasteiger partial charge is 0.417 e.